The van der Waals surface area contributed by atoms with Crippen molar-refractivity contribution in [1.82, 2.24) is 4.90 Å². The molecule has 1 aliphatic rings. The number of aliphatic imine (C=N–C) groups is 1. The van der Waals surface area contributed by atoms with Gasteiger partial charge < -0.3 is 4.90 Å². The average Bonchev–Trinajstić information content (AvgIpc) is 2.81. The van der Waals surface area contributed by atoms with Crippen LogP contribution in [0.15, 0.2) is 83.1 Å². The van der Waals surface area contributed by atoms with Crippen molar-refractivity contribution >= 4 is 17.8 Å². The van der Waals surface area contributed by atoms with Crippen molar-refractivity contribution in [2.75, 3.05) is 19.6 Å². The zero-order valence-corrected chi connectivity index (χ0v) is 21.0. The minimum Gasteiger partial charge on any atom is -0.377 e. The van der Waals surface area contributed by atoms with E-state index in [9.17, 15) is 5.26 Å². The van der Waals surface area contributed by atoms with Crippen LogP contribution in [0.3, 0.4) is 0 Å². The minimum absolute atomic E-state index is 0.569. The number of piperidine rings is 1. The average molecular weight is 462 g/mol. The molecule has 2 rings (SSSR count). The van der Waals surface area contributed by atoms with E-state index >= 15 is 0 Å². The van der Waals surface area contributed by atoms with Gasteiger partial charge in [-0.3, -0.25) is 4.99 Å². The quantitative estimate of drug-likeness (QED) is 0.207. The molecule has 0 unspecified atom stereocenters. The molecule has 0 amide bonds. The summed E-state index contributed by atoms with van der Waals surface area (Å²) in [6, 6.07) is 8.56. The van der Waals surface area contributed by atoms with Gasteiger partial charge in [-0.25, -0.2) is 0 Å². The summed E-state index contributed by atoms with van der Waals surface area (Å²) < 4.78 is 0. The summed E-state index contributed by atoms with van der Waals surface area (Å²) in [4.78, 5) is 6.71. The Kier molecular flexibility index (Phi) is 11.5. The molecule has 0 radical (unpaired) electrons. The van der Waals surface area contributed by atoms with Gasteiger partial charge in [-0.2, -0.15) is 5.26 Å². The molecule has 33 heavy (non-hydrogen) atoms. The van der Waals surface area contributed by atoms with Gasteiger partial charge in [-0.1, -0.05) is 67.1 Å². The van der Waals surface area contributed by atoms with E-state index < -0.39 is 0 Å². The van der Waals surface area contributed by atoms with Gasteiger partial charge in [0.15, 0.2) is 0 Å². The highest BCUT2D eigenvalue weighted by atomic mass is 35.5. The fourth-order valence-corrected chi connectivity index (χ4v) is 4.03. The second-order valence-corrected chi connectivity index (χ2v) is 8.99. The molecule has 174 valence electrons. The lowest BCUT2D eigenvalue weighted by atomic mass is 9.89. The number of nitriles is 1. The van der Waals surface area contributed by atoms with Crippen molar-refractivity contribution in [1.29, 1.82) is 5.26 Å². The van der Waals surface area contributed by atoms with Gasteiger partial charge in [0.2, 0.25) is 0 Å². The van der Waals surface area contributed by atoms with Crippen LogP contribution in [0.1, 0.15) is 44.2 Å². The number of nitrogens with zero attached hydrogens (tertiary/aromatic N) is 3. The van der Waals surface area contributed by atoms with Gasteiger partial charge in [-0.05, 0) is 74.3 Å². The summed E-state index contributed by atoms with van der Waals surface area (Å²) in [6.45, 7) is 12.7. The predicted molar refractivity (Wildman–Crippen MR) is 143 cm³/mol. The van der Waals surface area contributed by atoms with Gasteiger partial charge >= 0.3 is 0 Å². The summed E-state index contributed by atoms with van der Waals surface area (Å²) in [5.74, 6) is 0.635. The third-order valence-corrected chi connectivity index (χ3v) is 6.12. The van der Waals surface area contributed by atoms with Crippen LogP contribution >= 0.6 is 11.6 Å². The number of hydrogen-bond donors (Lipinski definition) is 0. The van der Waals surface area contributed by atoms with Crippen molar-refractivity contribution in [3.05, 3.63) is 94.2 Å². The molecule has 1 heterocycles. The fourth-order valence-electron chi connectivity index (χ4n) is 3.84. The lowest BCUT2D eigenvalue weighted by molar-refractivity contribution is 0.241. The Morgan fingerprint density at radius 2 is 2.06 bits per heavy atom. The second kappa shape index (κ2) is 14.3. The van der Waals surface area contributed by atoms with Crippen LogP contribution in [-0.2, 0) is 6.42 Å². The standard InChI is InChI=1S/C29H36ClN3/c1-5-7-8-9-24(4)28(19-26(20-31)21-32-14-6-2)22-33-15-12-25(13-16-33)18-27-17-23(3)10-11-29(27)30/h5,7-11,17,19,21-22,25H,1,6,12-16,18H2,2-4H3/b8-7-,24-9+,26-19-,28-22-,32-21-. The van der Waals surface area contributed by atoms with Gasteiger partial charge in [0.05, 0.1) is 5.57 Å². The lowest BCUT2D eigenvalue weighted by Crippen LogP contribution is -2.30. The third kappa shape index (κ3) is 9.28. The van der Waals surface area contributed by atoms with E-state index in [-0.39, 0.29) is 0 Å². The molecule has 3 nitrogen and oxygen atoms in total. The first-order chi connectivity index (χ1) is 16.0. The Bertz CT molecular complexity index is 981. The van der Waals surface area contributed by atoms with Crippen LogP contribution in [0, 0.1) is 24.2 Å². The summed E-state index contributed by atoms with van der Waals surface area (Å²) >= 11 is 6.43. The van der Waals surface area contributed by atoms with Crippen LogP contribution in [0.25, 0.3) is 0 Å². The summed E-state index contributed by atoms with van der Waals surface area (Å²) in [6.07, 6.45) is 17.7. The first-order valence-corrected chi connectivity index (χ1v) is 12.1. The highest BCUT2D eigenvalue weighted by molar-refractivity contribution is 6.31. The number of rotatable bonds is 10. The highest BCUT2D eigenvalue weighted by Crippen LogP contribution is 2.27. The normalized spacial score (nSPS) is 16.6. The molecule has 1 aromatic rings. The highest BCUT2D eigenvalue weighted by Gasteiger charge is 2.19. The van der Waals surface area contributed by atoms with E-state index in [1.165, 1.54) is 11.1 Å². The topological polar surface area (TPSA) is 39.4 Å². The maximum absolute atomic E-state index is 9.58. The van der Waals surface area contributed by atoms with Crippen LogP contribution in [0.4, 0.5) is 0 Å². The molecule has 0 saturated carbocycles. The van der Waals surface area contributed by atoms with Crippen molar-refractivity contribution < 1.29 is 0 Å². The molecular formula is C29H36ClN3. The predicted octanol–water partition coefficient (Wildman–Crippen LogP) is 7.41. The molecule has 1 saturated heterocycles. The largest absolute Gasteiger partial charge is 0.377 e. The molecule has 0 spiro atoms. The molecule has 0 bridgehead atoms. The van der Waals surface area contributed by atoms with Crippen LogP contribution in [0.5, 0.6) is 0 Å². The van der Waals surface area contributed by atoms with E-state index in [4.69, 9.17) is 11.6 Å². The summed E-state index contributed by atoms with van der Waals surface area (Å²) in [7, 11) is 0. The number of likely N-dealkylation sites (tertiary alicyclic amines) is 1. The molecule has 4 heteroatoms. The lowest BCUT2D eigenvalue weighted by Gasteiger charge is -2.32. The summed E-state index contributed by atoms with van der Waals surface area (Å²) in [5.41, 5.74) is 5.21. The van der Waals surface area contributed by atoms with Crippen LogP contribution in [-0.4, -0.2) is 30.7 Å². The molecule has 1 aliphatic heterocycles. The van der Waals surface area contributed by atoms with Crippen LogP contribution < -0.4 is 0 Å². The molecule has 0 aliphatic carbocycles. The maximum Gasteiger partial charge on any atom is 0.101 e. The van der Waals surface area contributed by atoms with E-state index in [0.717, 1.165) is 61.5 Å². The van der Waals surface area contributed by atoms with Crippen molar-refractivity contribution in [2.24, 2.45) is 10.9 Å². The van der Waals surface area contributed by atoms with Gasteiger partial charge in [-0.15, -0.1) is 0 Å². The molecule has 0 aromatic heterocycles. The molecule has 0 N–H and O–H groups in total. The first kappa shape index (κ1) is 26.4. The molecule has 1 aromatic carbocycles. The van der Waals surface area contributed by atoms with Gasteiger partial charge in [0.1, 0.15) is 6.07 Å². The first-order valence-electron chi connectivity index (χ1n) is 11.8. The Morgan fingerprint density at radius 3 is 2.73 bits per heavy atom. The molecular weight excluding hydrogens is 426 g/mol. The molecule has 1 fully saturated rings. The van der Waals surface area contributed by atoms with Crippen LogP contribution in [0.2, 0.25) is 5.02 Å². The molecule has 0 atom stereocenters. The number of allylic oxidation sites excluding steroid dienone is 8. The number of hydrogen-bond acceptors (Lipinski definition) is 3. The Hall–Kier alpha value is -2.83. The van der Waals surface area contributed by atoms with Gasteiger partial charge in [0.25, 0.3) is 0 Å². The Balaban J connectivity index is 2.16. The van der Waals surface area contributed by atoms with E-state index in [1.807, 2.05) is 24.3 Å². The van der Waals surface area contributed by atoms with E-state index in [1.54, 1.807) is 12.3 Å². The number of aryl methyl sites for hydroxylation is 1. The second-order valence-electron chi connectivity index (χ2n) is 8.58. The minimum atomic E-state index is 0.569. The van der Waals surface area contributed by atoms with Crippen molar-refractivity contribution in [3.63, 3.8) is 0 Å². The zero-order valence-electron chi connectivity index (χ0n) is 20.2. The summed E-state index contributed by atoms with van der Waals surface area (Å²) in [5, 5.41) is 10.5. The van der Waals surface area contributed by atoms with Crippen molar-refractivity contribution in [3.8, 4) is 6.07 Å². The third-order valence-electron chi connectivity index (χ3n) is 5.75. The van der Waals surface area contributed by atoms with Crippen molar-refractivity contribution in [2.45, 2.75) is 46.5 Å². The SMILES string of the molecule is C=C\C=C/C=C(C)/C(=C\N1CCC(Cc2cc(C)ccc2Cl)CC1)/C=C(C#N)\C=N/CCC. The Morgan fingerprint density at radius 1 is 1.30 bits per heavy atom. The van der Waals surface area contributed by atoms with E-state index in [0.29, 0.717) is 11.5 Å². The number of halogens is 1. The maximum atomic E-state index is 9.58. The smallest absolute Gasteiger partial charge is 0.101 e. The monoisotopic (exact) mass is 461 g/mol. The fraction of sp³-hybridized carbons (Fsp3) is 0.379. The van der Waals surface area contributed by atoms with Gasteiger partial charge in [0, 0.05) is 37.1 Å². The number of benzene rings is 1. The van der Waals surface area contributed by atoms with E-state index in [2.05, 4.69) is 67.7 Å². The zero-order chi connectivity index (χ0) is 24.1. The Labute approximate surface area is 205 Å².